The van der Waals surface area contributed by atoms with Gasteiger partial charge in [0.15, 0.2) is 0 Å². The van der Waals surface area contributed by atoms with Crippen LogP contribution in [-0.2, 0) is 5.54 Å². The number of amides is 1. The highest BCUT2D eigenvalue weighted by Gasteiger charge is 2.23. The number of benzene rings is 1. The van der Waals surface area contributed by atoms with E-state index in [1.807, 2.05) is 39.0 Å². The molecule has 22 heavy (non-hydrogen) atoms. The number of aliphatic hydroxyl groups excluding tert-OH is 1. The molecular formula is C16H20ClN3O2. The lowest BCUT2D eigenvalue weighted by atomic mass is 10.1. The van der Waals surface area contributed by atoms with E-state index < -0.39 is 0 Å². The molecule has 0 spiro atoms. The number of hydrogen-bond donors (Lipinski definition) is 2. The van der Waals surface area contributed by atoms with Gasteiger partial charge < -0.3 is 10.4 Å². The number of aromatic nitrogens is 2. The van der Waals surface area contributed by atoms with Crippen molar-refractivity contribution in [2.75, 3.05) is 13.2 Å². The number of halogens is 1. The predicted molar refractivity (Wildman–Crippen MR) is 87.1 cm³/mol. The van der Waals surface area contributed by atoms with Crippen molar-refractivity contribution < 1.29 is 9.90 Å². The minimum Gasteiger partial charge on any atom is -0.395 e. The van der Waals surface area contributed by atoms with Gasteiger partial charge >= 0.3 is 0 Å². The fourth-order valence-corrected chi connectivity index (χ4v) is 2.23. The average molecular weight is 322 g/mol. The van der Waals surface area contributed by atoms with Crippen LogP contribution >= 0.6 is 11.6 Å². The fourth-order valence-electron chi connectivity index (χ4n) is 2.00. The molecule has 2 N–H and O–H groups in total. The fraction of sp³-hybridized carbons (Fsp3) is 0.375. The van der Waals surface area contributed by atoms with Crippen molar-refractivity contribution in [3.63, 3.8) is 0 Å². The lowest BCUT2D eigenvalue weighted by molar-refractivity contribution is 0.0945. The molecule has 0 bridgehead atoms. The van der Waals surface area contributed by atoms with E-state index in [-0.39, 0.29) is 24.6 Å². The minimum absolute atomic E-state index is 0.111. The SMILES string of the molecule is CC(C)(C)n1cc(C(=O)NCCO)c(-c2ccccc2Cl)n1. The Labute approximate surface area is 134 Å². The van der Waals surface area contributed by atoms with E-state index in [0.29, 0.717) is 21.8 Å². The van der Waals surface area contributed by atoms with E-state index in [9.17, 15) is 4.79 Å². The summed E-state index contributed by atoms with van der Waals surface area (Å²) in [7, 11) is 0. The maximum Gasteiger partial charge on any atom is 0.255 e. The first kappa shape index (κ1) is 16.5. The van der Waals surface area contributed by atoms with Gasteiger partial charge in [-0.2, -0.15) is 5.10 Å². The number of nitrogens with zero attached hydrogens (tertiary/aromatic N) is 2. The highest BCUT2D eigenvalue weighted by molar-refractivity contribution is 6.33. The summed E-state index contributed by atoms with van der Waals surface area (Å²) in [6, 6.07) is 7.29. The van der Waals surface area contributed by atoms with Gasteiger partial charge in [0.2, 0.25) is 0 Å². The summed E-state index contributed by atoms with van der Waals surface area (Å²) < 4.78 is 1.75. The Balaban J connectivity index is 2.54. The Bertz CT molecular complexity index is 674. The number of rotatable bonds is 4. The maximum absolute atomic E-state index is 12.3. The zero-order valence-corrected chi connectivity index (χ0v) is 13.7. The van der Waals surface area contributed by atoms with E-state index in [2.05, 4.69) is 10.4 Å². The molecule has 0 atom stereocenters. The number of nitrogens with one attached hydrogen (secondary N) is 1. The number of hydrogen-bond acceptors (Lipinski definition) is 3. The lowest BCUT2D eigenvalue weighted by Crippen LogP contribution is -2.26. The van der Waals surface area contributed by atoms with Gasteiger partial charge in [-0.1, -0.05) is 29.8 Å². The second-order valence-corrected chi connectivity index (χ2v) is 6.37. The largest absolute Gasteiger partial charge is 0.395 e. The normalized spacial score (nSPS) is 11.5. The lowest BCUT2D eigenvalue weighted by Gasteiger charge is -2.18. The monoisotopic (exact) mass is 321 g/mol. The van der Waals surface area contributed by atoms with E-state index in [0.717, 1.165) is 0 Å². The van der Waals surface area contributed by atoms with Gasteiger partial charge in [0.25, 0.3) is 5.91 Å². The zero-order valence-electron chi connectivity index (χ0n) is 12.9. The molecular weight excluding hydrogens is 302 g/mol. The number of carbonyl (C=O) groups is 1. The highest BCUT2D eigenvalue weighted by Crippen LogP contribution is 2.30. The molecule has 1 amide bonds. The highest BCUT2D eigenvalue weighted by atomic mass is 35.5. The molecule has 1 aromatic carbocycles. The first-order valence-corrected chi connectivity index (χ1v) is 7.46. The molecule has 5 nitrogen and oxygen atoms in total. The molecule has 0 saturated heterocycles. The molecule has 2 rings (SSSR count). The Morgan fingerprint density at radius 2 is 2.05 bits per heavy atom. The molecule has 0 saturated carbocycles. The van der Waals surface area contributed by atoms with Gasteiger partial charge in [0, 0.05) is 18.3 Å². The third-order valence-corrected chi connectivity index (χ3v) is 3.50. The van der Waals surface area contributed by atoms with E-state index in [1.165, 1.54) is 0 Å². The number of aliphatic hydroxyl groups is 1. The molecule has 0 fully saturated rings. The summed E-state index contributed by atoms with van der Waals surface area (Å²) in [6.45, 7) is 6.10. The van der Waals surface area contributed by atoms with Crippen LogP contribution in [0.5, 0.6) is 0 Å². The molecule has 0 aliphatic heterocycles. The molecule has 0 unspecified atom stereocenters. The van der Waals surface area contributed by atoms with Crippen molar-refractivity contribution in [2.24, 2.45) is 0 Å². The molecule has 6 heteroatoms. The van der Waals surface area contributed by atoms with Crippen LogP contribution in [0.4, 0.5) is 0 Å². The van der Waals surface area contributed by atoms with Gasteiger partial charge in [-0.25, -0.2) is 0 Å². The standard InChI is InChI=1S/C16H20ClN3O2/c1-16(2,3)20-10-12(15(22)18-8-9-21)14(19-20)11-6-4-5-7-13(11)17/h4-7,10,21H,8-9H2,1-3H3,(H,18,22). The third kappa shape index (κ3) is 3.48. The predicted octanol–water partition coefficient (Wildman–Crippen LogP) is 2.68. The van der Waals surface area contributed by atoms with Crippen LogP contribution in [-0.4, -0.2) is 33.9 Å². The average Bonchev–Trinajstić information content (AvgIpc) is 2.90. The quantitative estimate of drug-likeness (QED) is 0.909. The minimum atomic E-state index is -0.278. The summed E-state index contributed by atoms with van der Waals surface area (Å²) in [5, 5.41) is 16.6. The summed E-state index contributed by atoms with van der Waals surface area (Å²) in [6.07, 6.45) is 1.71. The zero-order chi connectivity index (χ0) is 16.3. The van der Waals surface area contributed by atoms with E-state index >= 15 is 0 Å². The van der Waals surface area contributed by atoms with Gasteiger partial charge in [0.1, 0.15) is 5.69 Å². The van der Waals surface area contributed by atoms with Crippen molar-refractivity contribution in [3.05, 3.63) is 41.0 Å². The van der Waals surface area contributed by atoms with Crippen LogP contribution in [0, 0.1) is 0 Å². The number of carbonyl (C=O) groups excluding carboxylic acids is 1. The molecule has 0 aliphatic rings. The van der Waals surface area contributed by atoms with Crippen molar-refractivity contribution >= 4 is 17.5 Å². The van der Waals surface area contributed by atoms with E-state index in [4.69, 9.17) is 16.7 Å². The smallest absolute Gasteiger partial charge is 0.255 e. The molecule has 118 valence electrons. The Kier molecular flexibility index (Phi) is 4.88. The van der Waals surface area contributed by atoms with Crippen LogP contribution in [0.3, 0.4) is 0 Å². The van der Waals surface area contributed by atoms with Crippen molar-refractivity contribution in [1.29, 1.82) is 0 Å². The molecule has 0 aliphatic carbocycles. The molecule has 0 radical (unpaired) electrons. The summed E-state index contributed by atoms with van der Waals surface area (Å²) in [4.78, 5) is 12.3. The summed E-state index contributed by atoms with van der Waals surface area (Å²) in [5.74, 6) is -0.278. The Morgan fingerprint density at radius 3 is 2.64 bits per heavy atom. The van der Waals surface area contributed by atoms with Crippen molar-refractivity contribution in [3.8, 4) is 11.3 Å². The molecule has 1 heterocycles. The molecule has 1 aromatic heterocycles. The third-order valence-electron chi connectivity index (χ3n) is 3.17. The Morgan fingerprint density at radius 1 is 1.36 bits per heavy atom. The molecule has 2 aromatic rings. The van der Waals surface area contributed by atoms with Gasteiger partial charge in [0.05, 0.1) is 22.7 Å². The van der Waals surface area contributed by atoms with Crippen LogP contribution in [0.1, 0.15) is 31.1 Å². The van der Waals surface area contributed by atoms with E-state index in [1.54, 1.807) is 16.9 Å². The summed E-state index contributed by atoms with van der Waals surface area (Å²) in [5.41, 5.74) is 1.43. The van der Waals surface area contributed by atoms with Crippen LogP contribution in [0.25, 0.3) is 11.3 Å². The first-order chi connectivity index (χ1) is 10.3. The van der Waals surface area contributed by atoms with Crippen molar-refractivity contribution in [1.82, 2.24) is 15.1 Å². The van der Waals surface area contributed by atoms with Crippen molar-refractivity contribution in [2.45, 2.75) is 26.3 Å². The van der Waals surface area contributed by atoms with Crippen LogP contribution in [0.15, 0.2) is 30.5 Å². The Hall–Kier alpha value is -1.85. The maximum atomic E-state index is 12.3. The first-order valence-electron chi connectivity index (χ1n) is 7.08. The van der Waals surface area contributed by atoms with Gasteiger partial charge in [-0.3, -0.25) is 9.48 Å². The topological polar surface area (TPSA) is 67.2 Å². The van der Waals surface area contributed by atoms with Gasteiger partial charge in [-0.15, -0.1) is 0 Å². The second-order valence-electron chi connectivity index (χ2n) is 5.97. The van der Waals surface area contributed by atoms with Crippen LogP contribution < -0.4 is 5.32 Å². The summed E-state index contributed by atoms with van der Waals surface area (Å²) >= 11 is 6.24. The van der Waals surface area contributed by atoms with Gasteiger partial charge in [-0.05, 0) is 26.8 Å². The van der Waals surface area contributed by atoms with Crippen LogP contribution in [0.2, 0.25) is 5.02 Å². The second kappa shape index (κ2) is 6.50.